The molecule has 6 aromatic rings. The minimum absolute atomic E-state index is 0. The molecular weight excluding hydrogens is 811 g/mol. The molecule has 310 valence electrons. The summed E-state index contributed by atoms with van der Waals surface area (Å²) in [7, 11) is 0. The average molecular weight is 841 g/mol. The lowest BCUT2D eigenvalue weighted by molar-refractivity contribution is -0.386. The van der Waals surface area contributed by atoms with Gasteiger partial charge in [-0.3, -0.25) is 29.8 Å². The highest BCUT2D eigenvalue weighted by molar-refractivity contribution is 5.60. The van der Waals surface area contributed by atoms with Gasteiger partial charge in [-0.15, -0.1) is 0 Å². The Balaban J connectivity index is 0.000000268. The van der Waals surface area contributed by atoms with E-state index in [0.29, 0.717) is 22.5 Å². The van der Waals surface area contributed by atoms with Gasteiger partial charge in [0.05, 0.1) is 46.5 Å². The summed E-state index contributed by atoms with van der Waals surface area (Å²) in [6.45, 7) is 19.0. The van der Waals surface area contributed by atoms with Crippen LogP contribution in [0.4, 0.5) is 31.5 Å². The first-order valence-electron chi connectivity index (χ1n) is 17.3. The number of nitriles is 2. The largest absolute Gasteiger partial charge is 0.448 e. The van der Waals surface area contributed by atoms with Gasteiger partial charge in [0.25, 0.3) is 11.1 Å². The number of nitro benzene ring substituents is 2. The zero-order valence-electron chi connectivity index (χ0n) is 31.8. The fourth-order valence-corrected chi connectivity index (χ4v) is 5.63. The fraction of sp³-hybridized carbons (Fsp3) is 0.143. The average Bonchev–Trinajstić information content (AvgIpc) is 3.24. The van der Waals surface area contributed by atoms with Crippen LogP contribution in [0, 0.1) is 81.5 Å². The summed E-state index contributed by atoms with van der Waals surface area (Å²) in [5, 5.41) is 53.4. The molecule has 0 radical (unpaired) electrons. The van der Waals surface area contributed by atoms with E-state index in [-0.39, 0.29) is 70.1 Å². The summed E-state index contributed by atoms with van der Waals surface area (Å²) in [6.07, 6.45) is -0.0522. The van der Waals surface area contributed by atoms with Gasteiger partial charge in [-0.1, -0.05) is 14.4 Å². The minimum Gasteiger partial charge on any atom is -0.448 e. The van der Waals surface area contributed by atoms with E-state index >= 15 is 8.78 Å². The number of nitrogens with zero attached hydrogens (tertiary/aromatic N) is 8. The van der Waals surface area contributed by atoms with E-state index in [1.807, 2.05) is 12.1 Å². The van der Waals surface area contributed by atoms with Crippen molar-refractivity contribution < 1.29 is 28.1 Å². The van der Waals surface area contributed by atoms with Crippen LogP contribution in [0.2, 0.25) is 0 Å². The Kier molecular flexibility index (Phi) is 14.4. The number of halogens is 2. The number of aryl methyl sites for hydroxylation is 2. The van der Waals surface area contributed by atoms with Gasteiger partial charge in [-0.05, 0) is 80.1 Å². The molecular formula is C42H30F2N10O8. The maximum absolute atomic E-state index is 15.4. The maximum atomic E-state index is 15.4. The van der Waals surface area contributed by atoms with E-state index in [0.717, 1.165) is 12.1 Å². The van der Waals surface area contributed by atoms with Crippen molar-refractivity contribution in [1.82, 2.24) is 20.4 Å². The normalized spacial score (nSPS) is 10.5. The van der Waals surface area contributed by atoms with Crippen LogP contribution in [-0.2, 0) is 6.42 Å². The Labute approximate surface area is 349 Å². The van der Waals surface area contributed by atoms with Crippen molar-refractivity contribution in [2.24, 2.45) is 0 Å². The molecule has 6 rings (SSSR count). The highest BCUT2D eigenvalue weighted by atomic mass is 19.1. The predicted molar refractivity (Wildman–Crippen MR) is 217 cm³/mol. The van der Waals surface area contributed by atoms with Crippen molar-refractivity contribution in [3.05, 3.63) is 193 Å². The second kappa shape index (κ2) is 19.5. The quantitative estimate of drug-likeness (QED) is 0.0744. The molecule has 2 heterocycles. The predicted octanol–water partition coefficient (Wildman–Crippen LogP) is 9.06. The van der Waals surface area contributed by atoms with E-state index < -0.39 is 50.3 Å². The second-order valence-electron chi connectivity index (χ2n) is 12.9. The molecule has 1 atom stereocenters. The molecule has 0 amide bonds. The van der Waals surface area contributed by atoms with Gasteiger partial charge < -0.3 is 9.47 Å². The van der Waals surface area contributed by atoms with Crippen molar-refractivity contribution in [1.29, 1.82) is 10.5 Å². The lowest BCUT2D eigenvalue weighted by Crippen LogP contribution is -2.15. The summed E-state index contributed by atoms with van der Waals surface area (Å²) < 4.78 is 41.4. The van der Waals surface area contributed by atoms with Crippen LogP contribution in [0.1, 0.15) is 65.0 Å². The summed E-state index contributed by atoms with van der Waals surface area (Å²) >= 11 is 0. The fourth-order valence-electron chi connectivity index (χ4n) is 5.63. The third-order valence-electron chi connectivity index (χ3n) is 8.73. The van der Waals surface area contributed by atoms with Crippen molar-refractivity contribution in [2.45, 2.75) is 40.5 Å². The van der Waals surface area contributed by atoms with E-state index in [2.05, 4.69) is 30.1 Å². The number of H-pyrrole nitrogens is 2. The van der Waals surface area contributed by atoms with E-state index in [1.54, 1.807) is 20.8 Å². The molecule has 2 N–H and O–H groups in total. The van der Waals surface area contributed by atoms with Gasteiger partial charge >= 0.3 is 11.4 Å². The van der Waals surface area contributed by atoms with Crippen LogP contribution in [-0.4, -0.2) is 30.2 Å². The number of ether oxygens (including phenoxy) is 2. The van der Waals surface area contributed by atoms with Gasteiger partial charge in [-0.2, -0.15) is 20.7 Å². The molecule has 20 heteroatoms. The highest BCUT2D eigenvalue weighted by Crippen LogP contribution is 2.41. The second-order valence-corrected chi connectivity index (χ2v) is 12.9. The van der Waals surface area contributed by atoms with Gasteiger partial charge in [0, 0.05) is 52.3 Å². The molecule has 0 bridgehead atoms. The molecule has 18 nitrogen and oxygen atoms in total. The first-order chi connectivity index (χ1) is 29.1. The third-order valence-corrected chi connectivity index (χ3v) is 8.73. The smallest absolute Gasteiger partial charge is 0.314 e. The van der Waals surface area contributed by atoms with Crippen LogP contribution in [0.5, 0.6) is 23.0 Å². The van der Waals surface area contributed by atoms with Crippen molar-refractivity contribution in [2.75, 3.05) is 0 Å². The van der Waals surface area contributed by atoms with Crippen LogP contribution in [0.15, 0.2) is 82.4 Å². The Morgan fingerprint density at radius 1 is 0.758 bits per heavy atom. The lowest BCUT2D eigenvalue weighted by atomic mass is 9.95. The lowest BCUT2D eigenvalue weighted by Gasteiger charge is -2.15. The number of nitro groups is 2. The molecule has 0 saturated heterocycles. The summed E-state index contributed by atoms with van der Waals surface area (Å²) in [5.41, 5.74) is -0.0888. The van der Waals surface area contributed by atoms with Crippen molar-refractivity contribution in [3.63, 3.8) is 0 Å². The molecule has 0 aliphatic carbocycles. The maximum Gasteiger partial charge on any atom is 0.314 e. The molecule has 62 heavy (non-hydrogen) atoms. The Bertz CT molecular complexity index is 2990. The molecule has 1 unspecified atom stereocenters. The molecule has 0 saturated carbocycles. The zero-order valence-corrected chi connectivity index (χ0v) is 31.8. The molecule has 2 aromatic heterocycles. The summed E-state index contributed by atoms with van der Waals surface area (Å²) in [6, 6.07) is 19.0. The van der Waals surface area contributed by atoms with Crippen LogP contribution < -0.4 is 20.6 Å². The van der Waals surface area contributed by atoms with E-state index in [9.17, 15) is 29.8 Å². The number of nitrogens with one attached hydrogen (secondary N) is 2. The summed E-state index contributed by atoms with van der Waals surface area (Å²) in [5.74, 6) is -4.11. The van der Waals surface area contributed by atoms with Crippen molar-refractivity contribution in [3.8, 4) is 35.1 Å². The number of benzene rings is 4. The number of rotatable bonds is 10. The van der Waals surface area contributed by atoms with Crippen molar-refractivity contribution >= 4 is 22.7 Å². The Morgan fingerprint density at radius 3 is 1.71 bits per heavy atom. The van der Waals surface area contributed by atoms with E-state index in [4.69, 9.17) is 33.1 Å². The van der Waals surface area contributed by atoms with Crippen LogP contribution >= 0.6 is 0 Å². The number of hydrogen-bond acceptors (Lipinski definition) is 12. The van der Waals surface area contributed by atoms with Crippen LogP contribution in [0.3, 0.4) is 0 Å². The molecule has 0 aliphatic heterocycles. The standard InChI is InChI=1S/C21H14FN5O4.C20H12FN5O4.CH4/c1-11-6-17(25-26-21(11)28)12(2)16-4-5-18(27(29)30)20(19(16)22)31-15-8-13(10-23)7-14(9-15)24-3;1-11-5-15(24-25-20(11)27)8-13-3-4-17(26(28)29)19(18(13)21)30-16-7-12(10-22)6-14(9-16)23-2;/h4-9,12H,1-2H3,(H,26,28);3-7,9H,8H2,1H3,(H,25,27);1H4. The molecule has 0 fully saturated rings. The number of aromatic nitrogens is 4. The monoisotopic (exact) mass is 840 g/mol. The summed E-state index contributed by atoms with van der Waals surface area (Å²) in [4.78, 5) is 50.6. The van der Waals surface area contributed by atoms with Gasteiger partial charge in [-0.25, -0.2) is 28.7 Å². The number of hydrogen-bond donors (Lipinski definition) is 2. The minimum atomic E-state index is -0.987. The Hall–Kier alpha value is -9.14. The molecule has 4 aromatic carbocycles. The zero-order chi connectivity index (χ0) is 44.5. The van der Waals surface area contributed by atoms with E-state index in [1.165, 1.54) is 60.7 Å². The molecule has 0 aliphatic rings. The highest BCUT2D eigenvalue weighted by Gasteiger charge is 2.28. The van der Waals surface area contributed by atoms with Gasteiger partial charge in [0.15, 0.2) is 23.0 Å². The Morgan fingerprint density at radius 2 is 1.24 bits per heavy atom. The van der Waals surface area contributed by atoms with Crippen LogP contribution in [0.25, 0.3) is 9.69 Å². The third kappa shape index (κ3) is 10.3. The van der Waals surface area contributed by atoms with Gasteiger partial charge in [0.2, 0.25) is 11.5 Å². The molecule has 0 spiro atoms. The SMILES string of the molecule is C.[C-]#[N+]c1cc(C#N)cc(Oc2c([N+](=O)[O-])ccc(C(C)c3cc(C)c(=O)[nH]n3)c2F)c1.[C-]#[N+]c1cc(C#N)cc(Oc2c([N+](=O)[O-])ccc(Cc3cc(C)c(=O)[nH]n3)c2F)c1. The topological polar surface area (TPSA) is 253 Å². The van der Waals surface area contributed by atoms with Gasteiger partial charge in [0.1, 0.15) is 11.5 Å². The number of aromatic amines is 2. The first-order valence-corrected chi connectivity index (χ1v) is 17.3. The first kappa shape index (κ1) is 45.6.